The summed E-state index contributed by atoms with van der Waals surface area (Å²) in [6.07, 6.45) is -0.812. The second kappa shape index (κ2) is 8.23. The molecule has 0 spiro atoms. The minimum absolute atomic E-state index is 0.142. The van der Waals surface area contributed by atoms with Crippen LogP contribution in [-0.4, -0.2) is 59.9 Å². The number of esters is 1. The third kappa shape index (κ3) is 8.37. The van der Waals surface area contributed by atoms with Gasteiger partial charge in [-0.2, -0.15) is 0 Å². The van der Waals surface area contributed by atoms with E-state index in [0.29, 0.717) is 18.8 Å². The number of hydrogen-bond acceptors (Lipinski definition) is 6. The van der Waals surface area contributed by atoms with Gasteiger partial charge in [0.15, 0.2) is 0 Å². The number of carbonyl (C=O) groups excluding carboxylic acids is 1. The first-order valence-corrected chi connectivity index (χ1v) is 4.85. The van der Waals surface area contributed by atoms with Gasteiger partial charge in [0.25, 0.3) is 0 Å². The van der Waals surface area contributed by atoms with Crippen molar-refractivity contribution in [3.05, 3.63) is 12.2 Å². The Bertz CT molecular complexity index is 219. The van der Waals surface area contributed by atoms with E-state index in [0.717, 1.165) is 0 Å². The van der Waals surface area contributed by atoms with E-state index >= 15 is 0 Å². The van der Waals surface area contributed by atoms with Crippen LogP contribution in [0.1, 0.15) is 6.92 Å². The summed E-state index contributed by atoms with van der Waals surface area (Å²) in [6.45, 7) is 5.41. The minimum atomic E-state index is -0.954. The van der Waals surface area contributed by atoms with Gasteiger partial charge in [-0.25, -0.2) is 4.79 Å². The van der Waals surface area contributed by atoms with Crippen LogP contribution in [0.2, 0.25) is 0 Å². The summed E-state index contributed by atoms with van der Waals surface area (Å²) in [4.78, 5) is 10.7. The lowest BCUT2D eigenvalue weighted by atomic mass is 10.4. The fraction of sp³-hybridized carbons (Fsp3) is 0.700. The van der Waals surface area contributed by atoms with E-state index in [-0.39, 0.29) is 25.3 Å². The topological polar surface area (TPSA) is 99.5 Å². The summed E-state index contributed by atoms with van der Waals surface area (Å²) in [6, 6.07) is 0. The molecule has 6 heteroatoms. The molecule has 0 aliphatic carbocycles. The third-order valence-electron chi connectivity index (χ3n) is 1.57. The zero-order valence-corrected chi connectivity index (χ0v) is 9.26. The highest BCUT2D eigenvalue weighted by molar-refractivity contribution is 5.86. The second-order valence-corrected chi connectivity index (χ2v) is 3.35. The van der Waals surface area contributed by atoms with E-state index in [1.54, 1.807) is 6.92 Å². The zero-order chi connectivity index (χ0) is 12.6. The molecule has 0 saturated carbocycles. The summed E-state index contributed by atoms with van der Waals surface area (Å²) in [5, 5.41) is 24.0. The Labute approximate surface area is 94.1 Å². The lowest BCUT2D eigenvalue weighted by Crippen LogP contribution is -2.15. The Hall–Kier alpha value is -0.950. The van der Waals surface area contributed by atoms with Crippen LogP contribution >= 0.6 is 0 Å². The van der Waals surface area contributed by atoms with E-state index in [1.165, 1.54) is 0 Å². The van der Waals surface area contributed by atoms with Crippen molar-refractivity contribution >= 4 is 5.97 Å². The number of ether oxygens (including phenoxy) is 2. The normalized spacial score (nSPS) is 17.4. The van der Waals surface area contributed by atoms with Gasteiger partial charge in [-0.1, -0.05) is 6.58 Å². The smallest absolute Gasteiger partial charge is 0.333 e. The van der Waals surface area contributed by atoms with Gasteiger partial charge in [0, 0.05) is 5.57 Å². The molecule has 0 aromatic carbocycles. The van der Waals surface area contributed by atoms with Gasteiger partial charge in [-0.3, -0.25) is 0 Å². The molecule has 6 nitrogen and oxygen atoms in total. The molecular weight excluding hydrogens is 216 g/mol. The van der Waals surface area contributed by atoms with Crippen molar-refractivity contribution in [2.24, 2.45) is 0 Å². The van der Waals surface area contributed by atoms with E-state index in [4.69, 9.17) is 24.8 Å². The van der Waals surface area contributed by atoms with Crippen LogP contribution in [0.4, 0.5) is 0 Å². The largest absolute Gasteiger partial charge is 0.459 e. The molecule has 1 aliphatic rings. The average molecular weight is 234 g/mol. The van der Waals surface area contributed by atoms with Crippen LogP contribution < -0.4 is 0 Å². The number of aliphatic hydroxyl groups excluding tert-OH is 3. The molecule has 1 fully saturated rings. The molecule has 94 valence electrons. The molecule has 0 aromatic heterocycles. The minimum Gasteiger partial charge on any atom is -0.459 e. The molecule has 0 amide bonds. The number of rotatable bonds is 5. The highest BCUT2D eigenvalue weighted by Gasteiger charge is 2.24. The molecule has 1 rings (SSSR count). The lowest BCUT2D eigenvalue weighted by molar-refractivity contribution is -0.139. The second-order valence-electron chi connectivity index (χ2n) is 3.35. The van der Waals surface area contributed by atoms with Crippen molar-refractivity contribution in [1.29, 1.82) is 0 Å². The quantitative estimate of drug-likeness (QED) is 0.315. The zero-order valence-electron chi connectivity index (χ0n) is 9.26. The van der Waals surface area contributed by atoms with E-state index < -0.39 is 6.10 Å². The standard InChI is InChI=1S/C7H10O3.C3H8O3/c1-5(2)7(8)10-4-6-3-9-6;4-1-3(6)2-5/h6H,1,3-4H2,2H3;3-6H,1-2H2. The van der Waals surface area contributed by atoms with Crippen molar-refractivity contribution in [2.45, 2.75) is 19.1 Å². The van der Waals surface area contributed by atoms with Gasteiger partial charge in [-0.15, -0.1) is 0 Å². The van der Waals surface area contributed by atoms with Crippen molar-refractivity contribution in [3.8, 4) is 0 Å². The summed E-state index contributed by atoms with van der Waals surface area (Å²) in [5.41, 5.74) is 0.431. The first kappa shape index (κ1) is 15.0. The molecule has 3 N–H and O–H groups in total. The summed E-state index contributed by atoms with van der Waals surface area (Å²) < 4.78 is 9.60. The van der Waals surface area contributed by atoms with Crippen molar-refractivity contribution < 1.29 is 29.6 Å². The van der Waals surface area contributed by atoms with Gasteiger partial charge < -0.3 is 24.8 Å². The van der Waals surface area contributed by atoms with E-state index in [1.807, 2.05) is 0 Å². The van der Waals surface area contributed by atoms with Crippen LogP contribution in [0.3, 0.4) is 0 Å². The van der Waals surface area contributed by atoms with Gasteiger partial charge in [0.2, 0.25) is 0 Å². The maximum Gasteiger partial charge on any atom is 0.333 e. The number of carbonyl (C=O) groups is 1. The predicted octanol–water partition coefficient (Wildman–Crippen LogP) is -1.16. The summed E-state index contributed by atoms with van der Waals surface area (Å²) in [5.74, 6) is -0.337. The van der Waals surface area contributed by atoms with Crippen LogP contribution in [-0.2, 0) is 14.3 Å². The molecule has 0 radical (unpaired) electrons. The number of aliphatic hydroxyl groups is 3. The molecule has 16 heavy (non-hydrogen) atoms. The van der Waals surface area contributed by atoms with Crippen LogP contribution in [0.15, 0.2) is 12.2 Å². The monoisotopic (exact) mass is 234 g/mol. The maximum atomic E-state index is 10.7. The Morgan fingerprint density at radius 3 is 2.31 bits per heavy atom. The predicted molar refractivity (Wildman–Crippen MR) is 55.7 cm³/mol. The molecule has 1 saturated heterocycles. The summed E-state index contributed by atoms with van der Waals surface area (Å²) in [7, 11) is 0. The van der Waals surface area contributed by atoms with Crippen molar-refractivity contribution in [2.75, 3.05) is 26.4 Å². The van der Waals surface area contributed by atoms with Gasteiger partial charge in [-0.05, 0) is 6.92 Å². The molecule has 1 atom stereocenters. The molecular formula is C10H18O6. The molecule has 0 aromatic rings. The molecule has 1 unspecified atom stereocenters. The molecule has 1 heterocycles. The Morgan fingerprint density at radius 1 is 1.56 bits per heavy atom. The van der Waals surface area contributed by atoms with Crippen molar-refractivity contribution in [1.82, 2.24) is 0 Å². The highest BCUT2D eigenvalue weighted by Crippen LogP contribution is 2.09. The molecule has 0 bridgehead atoms. The lowest BCUT2D eigenvalue weighted by Gasteiger charge is -1.99. The fourth-order valence-corrected chi connectivity index (χ4v) is 0.514. The van der Waals surface area contributed by atoms with E-state index in [9.17, 15) is 4.79 Å². The average Bonchev–Trinajstić information content (AvgIpc) is 3.09. The maximum absolute atomic E-state index is 10.7. The van der Waals surface area contributed by atoms with Crippen LogP contribution in [0, 0.1) is 0 Å². The van der Waals surface area contributed by atoms with E-state index in [2.05, 4.69) is 6.58 Å². The number of hydrogen-bond donors (Lipinski definition) is 3. The first-order valence-electron chi connectivity index (χ1n) is 4.85. The SMILES string of the molecule is C=C(C)C(=O)OCC1CO1.OCC(O)CO. The fourth-order valence-electron chi connectivity index (χ4n) is 0.514. The Morgan fingerprint density at radius 2 is 2.06 bits per heavy atom. The number of epoxide rings is 1. The van der Waals surface area contributed by atoms with Crippen LogP contribution in [0.25, 0.3) is 0 Å². The third-order valence-corrected chi connectivity index (χ3v) is 1.57. The van der Waals surface area contributed by atoms with Gasteiger partial charge in [0.1, 0.15) is 18.8 Å². The highest BCUT2D eigenvalue weighted by atomic mass is 16.6. The first-order chi connectivity index (χ1) is 7.51. The Kier molecular flexibility index (Phi) is 7.74. The molecule has 1 aliphatic heterocycles. The van der Waals surface area contributed by atoms with Crippen molar-refractivity contribution in [3.63, 3.8) is 0 Å². The van der Waals surface area contributed by atoms with Gasteiger partial charge >= 0.3 is 5.97 Å². The van der Waals surface area contributed by atoms with Crippen LogP contribution in [0.5, 0.6) is 0 Å². The Balaban J connectivity index is 0.000000325. The van der Waals surface area contributed by atoms with Gasteiger partial charge in [0.05, 0.1) is 19.8 Å². The summed E-state index contributed by atoms with van der Waals surface area (Å²) >= 11 is 0.